The second-order valence-corrected chi connectivity index (χ2v) is 2.90. The minimum atomic E-state index is -4.27. The van der Waals surface area contributed by atoms with Crippen LogP contribution < -0.4 is 0 Å². The summed E-state index contributed by atoms with van der Waals surface area (Å²) in [6, 6.07) is 5.56. The molecule has 0 radical (unpaired) electrons. The van der Waals surface area contributed by atoms with E-state index in [1.165, 1.54) is 18.2 Å². The Balaban J connectivity index is 3.10. The molecule has 0 amide bonds. The van der Waals surface area contributed by atoms with Crippen molar-refractivity contribution in [2.24, 2.45) is 0 Å². The number of alkyl halides is 3. The van der Waals surface area contributed by atoms with Crippen LogP contribution in [-0.4, -0.2) is 0 Å². The van der Waals surface area contributed by atoms with E-state index in [4.69, 9.17) is 0 Å². The molecule has 0 fully saturated rings. The molecule has 0 atom stereocenters. The van der Waals surface area contributed by atoms with Gasteiger partial charge in [-0.15, -0.1) is 0 Å². The summed E-state index contributed by atoms with van der Waals surface area (Å²) in [4.78, 5) is 0. The molecule has 3 heteroatoms. The number of allylic oxidation sites excluding steroid dienone is 1. The van der Waals surface area contributed by atoms with Gasteiger partial charge in [0.05, 0.1) is 5.56 Å². The maximum atomic E-state index is 12.4. The largest absolute Gasteiger partial charge is 0.416 e. The molecule has 0 saturated carbocycles. The Bertz CT molecular complexity index is 324. The monoisotopic (exact) mass is 200 g/mol. The maximum absolute atomic E-state index is 12.4. The molecule has 0 heterocycles. The second kappa shape index (κ2) is 4.31. The quantitative estimate of drug-likeness (QED) is 0.673. The third kappa shape index (κ3) is 2.62. The van der Waals surface area contributed by atoms with Crippen LogP contribution in [0.5, 0.6) is 0 Å². The zero-order chi connectivity index (χ0) is 10.6. The molecular formula is C11H11F3. The Morgan fingerprint density at radius 2 is 1.86 bits per heavy atom. The number of halogens is 3. The predicted molar refractivity (Wildman–Crippen MR) is 50.8 cm³/mol. The van der Waals surface area contributed by atoms with Crippen LogP contribution in [0.3, 0.4) is 0 Å². The van der Waals surface area contributed by atoms with E-state index in [0.29, 0.717) is 0 Å². The van der Waals surface area contributed by atoms with Crippen LogP contribution in [0.4, 0.5) is 13.2 Å². The van der Waals surface area contributed by atoms with Crippen molar-refractivity contribution >= 4 is 6.08 Å². The van der Waals surface area contributed by atoms with Gasteiger partial charge >= 0.3 is 6.18 Å². The van der Waals surface area contributed by atoms with Gasteiger partial charge in [-0.2, -0.15) is 13.2 Å². The van der Waals surface area contributed by atoms with Crippen molar-refractivity contribution < 1.29 is 13.2 Å². The summed E-state index contributed by atoms with van der Waals surface area (Å²) in [7, 11) is 0. The Kier molecular flexibility index (Phi) is 3.33. The molecule has 0 aromatic heterocycles. The van der Waals surface area contributed by atoms with Crippen molar-refractivity contribution in [1.82, 2.24) is 0 Å². The van der Waals surface area contributed by atoms with Gasteiger partial charge in [-0.25, -0.2) is 0 Å². The van der Waals surface area contributed by atoms with E-state index >= 15 is 0 Å². The van der Waals surface area contributed by atoms with Gasteiger partial charge < -0.3 is 0 Å². The Morgan fingerprint density at radius 1 is 1.21 bits per heavy atom. The molecule has 1 rings (SSSR count). The molecule has 14 heavy (non-hydrogen) atoms. The number of rotatable bonds is 2. The highest BCUT2D eigenvalue weighted by atomic mass is 19.4. The SMILES string of the molecule is CCC=Cc1ccccc1C(F)(F)F. The molecule has 0 aliphatic carbocycles. The van der Waals surface area contributed by atoms with Crippen LogP contribution >= 0.6 is 0 Å². The van der Waals surface area contributed by atoms with Crippen molar-refractivity contribution in [2.45, 2.75) is 19.5 Å². The summed E-state index contributed by atoms with van der Waals surface area (Å²) < 4.78 is 37.3. The summed E-state index contributed by atoms with van der Waals surface area (Å²) in [6.45, 7) is 1.88. The third-order valence-electron chi connectivity index (χ3n) is 1.80. The topological polar surface area (TPSA) is 0 Å². The van der Waals surface area contributed by atoms with Gasteiger partial charge in [0, 0.05) is 0 Å². The van der Waals surface area contributed by atoms with E-state index in [-0.39, 0.29) is 5.56 Å². The molecule has 76 valence electrons. The minimum Gasteiger partial charge on any atom is -0.166 e. The number of hydrogen-bond donors (Lipinski definition) is 0. The van der Waals surface area contributed by atoms with Crippen LogP contribution in [0.15, 0.2) is 30.3 Å². The normalized spacial score (nSPS) is 12.3. The number of benzene rings is 1. The van der Waals surface area contributed by atoms with Crippen LogP contribution in [0.25, 0.3) is 6.08 Å². The zero-order valence-electron chi connectivity index (χ0n) is 7.81. The predicted octanol–water partition coefficient (Wildman–Crippen LogP) is 4.13. The molecule has 1 aromatic carbocycles. The average Bonchev–Trinajstić information content (AvgIpc) is 2.14. The molecule has 0 saturated heterocycles. The van der Waals surface area contributed by atoms with Gasteiger partial charge in [-0.3, -0.25) is 0 Å². The van der Waals surface area contributed by atoms with Gasteiger partial charge in [0.25, 0.3) is 0 Å². The molecule has 0 bridgehead atoms. The van der Waals surface area contributed by atoms with E-state index in [1.54, 1.807) is 12.1 Å². The van der Waals surface area contributed by atoms with E-state index in [1.807, 2.05) is 6.92 Å². The lowest BCUT2D eigenvalue weighted by Crippen LogP contribution is -2.06. The molecule has 0 aliphatic rings. The highest BCUT2D eigenvalue weighted by Gasteiger charge is 2.32. The van der Waals surface area contributed by atoms with E-state index in [0.717, 1.165) is 12.5 Å². The minimum absolute atomic E-state index is 0.224. The highest BCUT2D eigenvalue weighted by molar-refractivity contribution is 5.54. The fourth-order valence-electron chi connectivity index (χ4n) is 1.15. The van der Waals surface area contributed by atoms with Gasteiger partial charge in [0.1, 0.15) is 0 Å². The summed E-state index contributed by atoms with van der Waals surface area (Å²) in [5, 5.41) is 0. The van der Waals surface area contributed by atoms with Gasteiger partial charge in [-0.05, 0) is 18.1 Å². The Hall–Kier alpha value is -1.25. The Labute approximate surface area is 81.1 Å². The molecule has 0 N–H and O–H groups in total. The fraction of sp³-hybridized carbons (Fsp3) is 0.273. The molecular weight excluding hydrogens is 189 g/mol. The lowest BCUT2D eigenvalue weighted by Gasteiger charge is -2.09. The lowest BCUT2D eigenvalue weighted by atomic mass is 10.1. The first-order valence-electron chi connectivity index (χ1n) is 4.38. The first kappa shape index (κ1) is 10.8. The zero-order valence-corrected chi connectivity index (χ0v) is 7.81. The van der Waals surface area contributed by atoms with Crippen molar-refractivity contribution in [3.63, 3.8) is 0 Å². The molecule has 0 aliphatic heterocycles. The molecule has 0 unspecified atom stereocenters. The average molecular weight is 200 g/mol. The standard InChI is InChI=1S/C11H11F3/c1-2-3-6-9-7-4-5-8-10(9)11(12,13)14/h3-8H,2H2,1H3. The molecule has 0 nitrogen and oxygen atoms in total. The van der Waals surface area contributed by atoms with Gasteiger partial charge in [0.15, 0.2) is 0 Å². The van der Waals surface area contributed by atoms with Crippen molar-refractivity contribution in [1.29, 1.82) is 0 Å². The fourth-order valence-corrected chi connectivity index (χ4v) is 1.15. The van der Waals surface area contributed by atoms with Crippen molar-refractivity contribution in [2.75, 3.05) is 0 Å². The first-order chi connectivity index (χ1) is 6.55. The Morgan fingerprint density at radius 3 is 2.43 bits per heavy atom. The van der Waals surface area contributed by atoms with Crippen molar-refractivity contribution in [3.05, 3.63) is 41.5 Å². The third-order valence-corrected chi connectivity index (χ3v) is 1.80. The summed E-state index contributed by atoms with van der Waals surface area (Å²) >= 11 is 0. The lowest BCUT2D eigenvalue weighted by molar-refractivity contribution is -0.137. The summed E-state index contributed by atoms with van der Waals surface area (Å²) in [5.41, 5.74) is -0.355. The smallest absolute Gasteiger partial charge is 0.166 e. The number of hydrogen-bond acceptors (Lipinski definition) is 0. The summed E-state index contributed by atoms with van der Waals surface area (Å²) in [6.07, 6.45) is -0.325. The van der Waals surface area contributed by atoms with Crippen LogP contribution in [0.2, 0.25) is 0 Å². The summed E-state index contributed by atoms with van der Waals surface area (Å²) in [5.74, 6) is 0. The van der Waals surface area contributed by atoms with Gasteiger partial charge in [0.2, 0.25) is 0 Å². The molecule has 0 spiro atoms. The maximum Gasteiger partial charge on any atom is 0.416 e. The van der Waals surface area contributed by atoms with Crippen molar-refractivity contribution in [3.8, 4) is 0 Å². The molecule has 1 aromatic rings. The van der Waals surface area contributed by atoms with E-state index in [2.05, 4.69) is 0 Å². The second-order valence-electron chi connectivity index (χ2n) is 2.90. The van der Waals surface area contributed by atoms with Gasteiger partial charge in [-0.1, -0.05) is 37.3 Å². The van der Waals surface area contributed by atoms with E-state index < -0.39 is 11.7 Å². The first-order valence-corrected chi connectivity index (χ1v) is 4.38. The van der Waals surface area contributed by atoms with Crippen LogP contribution in [0.1, 0.15) is 24.5 Å². The van der Waals surface area contributed by atoms with Crippen LogP contribution in [0, 0.1) is 0 Å². The van der Waals surface area contributed by atoms with Crippen LogP contribution in [-0.2, 0) is 6.18 Å². The highest BCUT2D eigenvalue weighted by Crippen LogP contribution is 2.32. The van der Waals surface area contributed by atoms with E-state index in [9.17, 15) is 13.2 Å².